The van der Waals surface area contributed by atoms with E-state index < -0.39 is 16.0 Å². The van der Waals surface area contributed by atoms with Gasteiger partial charge in [0.2, 0.25) is 10.0 Å². The van der Waals surface area contributed by atoms with Gasteiger partial charge in [-0.1, -0.05) is 37.3 Å². The van der Waals surface area contributed by atoms with E-state index in [0.717, 1.165) is 5.56 Å². The second kappa shape index (κ2) is 7.14. The minimum absolute atomic E-state index is 0.00121. The Balaban J connectivity index is 2.15. The van der Waals surface area contributed by atoms with Crippen LogP contribution < -0.4 is 4.72 Å². The third-order valence-corrected chi connectivity index (χ3v) is 5.49. The van der Waals surface area contributed by atoms with Gasteiger partial charge in [-0.15, -0.1) is 0 Å². The molecule has 0 aromatic heterocycles. The molecule has 2 aromatic rings. The third kappa shape index (κ3) is 4.80. The summed E-state index contributed by atoms with van der Waals surface area (Å²) in [5, 5.41) is 9.08. The van der Waals surface area contributed by atoms with E-state index in [-0.39, 0.29) is 22.9 Å². The van der Waals surface area contributed by atoms with Crippen molar-refractivity contribution in [3.63, 3.8) is 0 Å². The molecule has 1 atom stereocenters. The molecule has 0 aliphatic heterocycles. The van der Waals surface area contributed by atoms with Gasteiger partial charge in [0, 0.05) is 10.2 Å². The molecule has 122 valence electrons. The number of hydrogen-bond acceptors (Lipinski definition) is 3. The lowest BCUT2D eigenvalue weighted by atomic mass is 10.0. The molecule has 0 aliphatic carbocycles. The summed E-state index contributed by atoms with van der Waals surface area (Å²) in [6, 6.07) is 13.7. The molecule has 0 heterocycles. The average molecular weight is 398 g/mol. The van der Waals surface area contributed by atoms with Crippen LogP contribution in [0.2, 0.25) is 0 Å². The van der Waals surface area contributed by atoms with Crippen LogP contribution in [0.3, 0.4) is 0 Å². The van der Waals surface area contributed by atoms with E-state index in [1.165, 1.54) is 18.2 Å². The van der Waals surface area contributed by atoms with E-state index >= 15 is 0 Å². The number of carboxylic acids is 1. The fraction of sp³-hybridized carbons (Fsp3) is 0.188. The first-order chi connectivity index (χ1) is 10.8. The van der Waals surface area contributed by atoms with Crippen molar-refractivity contribution in [2.24, 2.45) is 0 Å². The second-order valence-corrected chi connectivity index (χ2v) is 7.82. The lowest BCUT2D eigenvalue weighted by molar-refractivity contribution is 0.0696. The summed E-state index contributed by atoms with van der Waals surface area (Å²) in [4.78, 5) is 11.1. The summed E-state index contributed by atoms with van der Waals surface area (Å²) in [7, 11) is -3.60. The highest BCUT2D eigenvalue weighted by molar-refractivity contribution is 9.10. The fourth-order valence-electron chi connectivity index (χ4n) is 2.18. The summed E-state index contributed by atoms with van der Waals surface area (Å²) in [5.74, 6) is -1.39. The Morgan fingerprint density at radius 3 is 2.48 bits per heavy atom. The molecule has 0 saturated heterocycles. The van der Waals surface area contributed by atoms with Crippen LogP contribution in [-0.4, -0.2) is 25.2 Å². The first-order valence-corrected chi connectivity index (χ1v) is 9.31. The van der Waals surface area contributed by atoms with Crippen molar-refractivity contribution < 1.29 is 18.3 Å². The van der Waals surface area contributed by atoms with Crippen molar-refractivity contribution in [2.45, 2.75) is 12.8 Å². The molecule has 2 rings (SSSR count). The van der Waals surface area contributed by atoms with Gasteiger partial charge in [-0.2, -0.15) is 0 Å². The number of halogens is 1. The van der Waals surface area contributed by atoms with E-state index in [2.05, 4.69) is 20.7 Å². The highest BCUT2D eigenvalue weighted by atomic mass is 79.9. The molecule has 0 amide bonds. The first-order valence-electron chi connectivity index (χ1n) is 6.87. The van der Waals surface area contributed by atoms with Gasteiger partial charge >= 0.3 is 5.97 Å². The van der Waals surface area contributed by atoms with Crippen molar-refractivity contribution in [3.8, 4) is 0 Å². The van der Waals surface area contributed by atoms with Crippen LogP contribution in [0.1, 0.15) is 28.8 Å². The molecule has 0 fully saturated rings. The molecule has 0 spiro atoms. The summed E-state index contributed by atoms with van der Waals surface area (Å²) in [5.41, 5.74) is 1.16. The predicted octanol–water partition coefficient (Wildman–Crippen LogP) is 3.69. The molecule has 0 bridgehead atoms. The van der Waals surface area contributed by atoms with Crippen LogP contribution in [0.4, 0.5) is 5.69 Å². The molecule has 7 heteroatoms. The second-order valence-electron chi connectivity index (χ2n) is 5.19. The zero-order chi connectivity index (χ0) is 17.0. The van der Waals surface area contributed by atoms with Crippen LogP contribution in [0.15, 0.2) is 53.0 Å². The number of sulfonamides is 1. The van der Waals surface area contributed by atoms with Gasteiger partial charge in [0.15, 0.2) is 0 Å². The third-order valence-electron chi connectivity index (χ3n) is 3.31. The van der Waals surface area contributed by atoms with Gasteiger partial charge in [-0.3, -0.25) is 4.72 Å². The summed E-state index contributed by atoms with van der Waals surface area (Å²) < 4.78 is 27.4. The maximum atomic E-state index is 12.3. The smallest absolute Gasteiger partial charge is 0.336 e. The number of rotatable bonds is 6. The molecule has 2 aromatic carbocycles. The standard InChI is InChI=1S/C16H16BrNO4S/c1-11(12-5-3-2-4-6-12)10-23(21,22)18-13-7-8-15(17)14(9-13)16(19)20/h2-9,11,18H,10H2,1H3,(H,19,20)/t11-/m1/s1. The number of benzene rings is 2. The Morgan fingerprint density at radius 2 is 1.87 bits per heavy atom. The minimum Gasteiger partial charge on any atom is -0.478 e. The summed E-state index contributed by atoms with van der Waals surface area (Å²) in [6.45, 7) is 1.83. The lowest BCUT2D eigenvalue weighted by Crippen LogP contribution is -2.20. The van der Waals surface area contributed by atoms with Gasteiger partial charge < -0.3 is 5.11 Å². The van der Waals surface area contributed by atoms with Crippen LogP contribution >= 0.6 is 15.9 Å². The number of nitrogens with one attached hydrogen (secondary N) is 1. The Morgan fingerprint density at radius 1 is 1.22 bits per heavy atom. The normalized spacial score (nSPS) is 12.6. The van der Waals surface area contributed by atoms with Crippen molar-refractivity contribution in [2.75, 3.05) is 10.5 Å². The van der Waals surface area contributed by atoms with Crippen molar-refractivity contribution in [3.05, 3.63) is 64.1 Å². The number of hydrogen-bond donors (Lipinski definition) is 2. The molecule has 0 unspecified atom stereocenters. The highest BCUT2D eigenvalue weighted by Crippen LogP contribution is 2.23. The van der Waals surface area contributed by atoms with Gasteiger partial charge in [0.05, 0.1) is 11.3 Å². The summed E-state index contributed by atoms with van der Waals surface area (Å²) >= 11 is 3.12. The van der Waals surface area contributed by atoms with Crippen molar-refractivity contribution >= 4 is 37.6 Å². The van der Waals surface area contributed by atoms with E-state index in [1.807, 2.05) is 37.3 Å². The molecule has 0 radical (unpaired) electrons. The zero-order valence-electron chi connectivity index (χ0n) is 12.4. The molecule has 2 N–H and O–H groups in total. The Hall–Kier alpha value is -1.86. The van der Waals surface area contributed by atoms with Crippen LogP contribution in [0.25, 0.3) is 0 Å². The van der Waals surface area contributed by atoms with E-state index in [0.29, 0.717) is 4.47 Å². The van der Waals surface area contributed by atoms with Gasteiger partial charge in [0.1, 0.15) is 0 Å². The molecular formula is C16H16BrNO4S. The monoisotopic (exact) mass is 397 g/mol. The molecule has 5 nitrogen and oxygen atoms in total. The number of anilines is 1. The van der Waals surface area contributed by atoms with Gasteiger partial charge in [0.25, 0.3) is 0 Å². The quantitative estimate of drug-likeness (QED) is 0.778. The fourth-order valence-corrected chi connectivity index (χ4v) is 4.02. The van der Waals surface area contributed by atoms with Crippen molar-refractivity contribution in [1.82, 2.24) is 0 Å². The molecule has 0 saturated carbocycles. The number of aromatic carboxylic acids is 1. The number of carboxylic acid groups (broad SMARTS) is 1. The molecule has 23 heavy (non-hydrogen) atoms. The summed E-state index contributed by atoms with van der Waals surface area (Å²) in [6.07, 6.45) is 0. The largest absolute Gasteiger partial charge is 0.478 e. The minimum atomic E-state index is -3.60. The van der Waals surface area contributed by atoms with Gasteiger partial charge in [-0.25, -0.2) is 13.2 Å². The van der Waals surface area contributed by atoms with Crippen molar-refractivity contribution in [1.29, 1.82) is 0 Å². The Kier molecular flexibility index (Phi) is 5.43. The highest BCUT2D eigenvalue weighted by Gasteiger charge is 2.18. The Bertz CT molecular complexity index is 806. The van der Waals surface area contributed by atoms with E-state index in [9.17, 15) is 13.2 Å². The average Bonchev–Trinajstić information content (AvgIpc) is 2.49. The lowest BCUT2D eigenvalue weighted by Gasteiger charge is -2.14. The topological polar surface area (TPSA) is 83.5 Å². The maximum absolute atomic E-state index is 12.3. The maximum Gasteiger partial charge on any atom is 0.336 e. The van der Waals surface area contributed by atoms with Crippen LogP contribution in [0.5, 0.6) is 0 Å². The SMILES string of the molecule is C[C@H](CS(=O)(=O)Nc1ccc(Br)c(C(=O)O)c1)c1ccccc1. The predicted molar refractivity (Wildman–Crippen MR) is 93.4 cm³/mol. The zero-order valence-corrected chi connectivity index (χ0v) is 14.8. The first kappa shape index (κ1) is 17.5. The molecular weight excluding hydrogens is 382 g/mol. The van der Waals surface area contributed by atoms with Gasteiger partial charge in [-0.05, 0) is 45.6 Å². The Labute approximate surface area is 143 Å². The number of carbonyl (C=O) groups is 1. The van der Waals surface area contributed by atoms with Crippen LogP contribution in [-0.2, 0) is 10.0 Å². The molecule has 0 aliphatic rings. The van der Waals surface area contributed by atoms with E-state index in [1.54, 1.807) is 0 Å². The van der Waals surface area contributed by atoms with E-state index in [4.69, 9.17) is 5.11 Å². The van der Waals surface area contributed by atoms with Crippen LogP contribution in [0, 0.1) is 0 Å².